The Morgan fingerprint density at radius 3 is 2.75 bits per heavy atom. The predicted molar refractivity (Wildman–Crippen MR) is 85.0 cm³/mol. The Bertz CT molecular complexity index is 366. The zero-order valence-corrected chi connectivity index (χ0v) is 13.5. The van der Waals surface area contributed by atoms with Gasteiger partial charge in [0.15, 0.2) is 0 Å². The second-order valence-electron chi connectivity index (χ2n) is 5.73. The number of rotatable bonds is 10. The van der Waals surface area contributed by atoms with Crippen LogP contribution in [0.3, 0.4) is 0 Å². The summed E-state index contributed by atoms with van der Waals surface area (Å²) in [4.78, 5) is 4.38. The minimum atomic E-state index is 0.469. The Kier molecular flexibility index (Phi) is 8.28. The maximum absolute atomic E-state index is 5.97. The molecular weight excluding hydrogens is 248 g/mol. The average molecular weight is 278 g/mol. The Balaban J connectivity index is 2.53. The van der Waals surface area contributed by atoms with Crippen LogP contribution in [-0.4, -0.2) is 17.6 Å². The Morgan fingerprint density at radius 1 is 1.30 bits per heavy atom. The smallest absolute Gasteiger partial charge is 0.217 e. The van der Waals surface area contributed by atoms with E-state index in [4.69, 9.17) is 4.74 Å². The van der Waals surface area contributed by atoms with E-state index in [-0.39, 0.29) is 0 Å². The number of ether oxygens (including phenoxy) is 1. The van der Waals surface area contributed by atoms with Gasteiger partial charge in [0, 0.05) is 24.3 Å². The molecule has 1 aromatic heterocycles. The number of hydrogen-bond donors (Lipinski definition) is 1. The second-order valence-corrected chi connectivity index (χ2v) is 5.73. The van der Waals surface area contributed by atoms with Gasteiger partial charge in [0.2, 0.25) is 5.88 Å². The molecule has 0 amide bonds. The van der Waals surface area contributed by atoms with Gasteiger partial charge in [-0.05, 0) is 18.4 Å². The summed E-state index contributed by atoms with van der Waals surface area (Å²) in [6, 6.07) is 4.53. The van der Waals surface area contributed by atoms with Crippen molar-refractivity contribution in [1.82, 2.24) is 10.3 Å². The summed E-state index contributed by atoms with van der Waals surface area (Å²) < 4.78 is 5.97. The quantitative estimate of drug-likeness (QED) is 0.697. The van der Waals surface area contributed by atoms with E-state index in [0.717, 1.165) is 24.6 Å². The lowest BCUT2D eigenvalue weighted by atomic mass is 10.0. The number of nitrogens with one attached hydrogen (secondary N) is 1. The molecule has 0 aliphatic carbocycles. The second kappa shape index (κ2) is 9.76. The van der Waals surface area contributed by atoms with E-state index in [1.54, 1.807) is 6.20 Å². The minimum absolute atomic E-state index is 0.469. The van der Waals surface area contributed by atoms with Crippen LogP contribution in [0.25, 0.3) is 0 Å². The largest absolute Gasteiger partial charge is 0.477 e. The topological polar surface area (TPSA) is 34.1 Å². The zero-order valence-electron chi connectivity index (χ0n) is 13.5. The Labute approximate surface area is 124 Å². The van der Waals surface area contributed by atoms with E-state index in [1.807, 2.05) is 6.07 Å². The van der Waals surface area contributed by atoms with Crippen molar-refractivity contribution in [3.8, 4) is 5.88 Å². The molecule has 1 aromatic rings. The molecular formula is C17H30N2O. The average Bonchev–Trinajstić information content (AvgIpc) is 2.46. The van der Waals surface area contributed by atoms with Crippen LogP contribution in [0.15, 0.2) is 18.3 Å². The summed E-state index contributed by atoms with van der Waals surface area (Å²) in [6.45, 7) is 10.4. The van der Waals surface area contributed by atoms with Crippen LogP contribution in [-0.2, 0) is 6.54 Å². The summed E-state index contributed by atoms with van der Waals surface area (Å²) in [6.07, 6.45) is 6.77. The molecule has 114 valence electrons. The lowest BCUT2D eigenvalue weighted by Crippen LogP contribution is -2.22. The van der Waals surface area contributed by atoms with Crippen LogP contribution in [0, 0.1) is 5.92 Å². The first-order valence-corrected chi connectivity index (χ1v) is 7.97. The van der Waals surface area contributed by atoms with Crippen molar-refractivity contribution in [1.29, 1.82) is 0 Å². The van der Waals surface area contributed by atoms with Crippen molar-refractivity contribution in [3.63, 3.8) is 0 Å². The van der Waals surface area contributed by atoms with Gasteiger partial charge >= 0.3 is 0 Å². The van der Waals surface area contributed by atoms with Gasteiger partial charge in [-0.15, -0.1) is 0 Å². The van der Waals surface area contributed by atoms with Crippen molar-refractivity contribution in [2.75, 3.05) is 6.61 Å². The molecule has 0 fully saturated rings. The van der Waals surface area contributed by atoms with Crippen molar-refractivity contribution >= 4 is 0 Å². The Hall–Kier alpha value is -1.09. The molecule has 1 N–H and O–H groups in total. The molecule has 20 heavy (non-hydrogen) atoms. The molecule has 0 spiro atoms. The van der Waals surface area contributed by atoms with Crippen molar-refractivity contribution in [2.45, 2.75) is 66.0 Å². The fourth-order valence-corrected chi connectivity index (χ4v) is 2.10. The van der Waals surface area contributed by atoms with E-state index in [2.05, 4.69) is 44.1 Å². The molecule has 1 heterocycles. The summed E-state index contributed by atoms with van der Waals surface area (Å²) in [5.41, 5.74) is 1.14. The maximum atomic E-state index is 5.97. The Morgan fingerprint density at radius 2 is 2.10 bits per heavy atom. The third kappa shape index (κ3) is 6.38. The van der Waals surface area contributed by atoms with E-state index in [1.165, 1.54) is 25.7 Å². The number of pyridine rings is 1. The fourth-order valence-electron chi connectivity index (χ4n) is 2.10. The van der Waals surface area contributed by atoms with Gasteiger partial charge in [0.1, 0.15) is 0 Å². The van der Waals surface area contributed by atoms with Crippen LogP contribution >= 0.6 is 0 Å². The van der Waals surface area contributed by atoms with E-state index < -0.39 is 0 Å². The van der Waals surface area contributed by atoms with Gasteiger partial charge in [-0.3, -0.25) is 0 Å². The van der Waals surface area contributed by atoms with Crippen LogP contribution in [0.2, 0.25) is 0 Å². The zero-order chi connectivity index (χ0) is 14.8. The van der Waals surface area contributed by atoms with Crippen LogP contribution in [0.5, 0.6) is 5.88 Å². The van der Waals surface area contributed by atoms with Crippen LogP contribution in [0.4, 0.5) is 0 Å². The molecule has 1 rings (SSSR count). The van der Waals surface area contributed by atoms with E-state index in [0.29, 0.717) is 12.0 Å². The molecule has 0 saturated heterocycles. The highest BCUT2D eigenvalue weighted by Gasteiger charge is 2.10. The lowest BCUT2D eigenvalue weighted by Gasteiger charge is -2.17. The highest BCUT2D eigenvalue weighted by Crippen LogP contribution is 2.18. The number of unbranched alkanes of at least 4 members (excludes halogenated alkanes) is 1. The van der Waals surface area contributed by atoms with Crippen LogP contribution in [0.1, 0.15) is 58.9 Å². The third-order valence-corrected chi connectivity index (χ3v) is 3.55. The standard InChI is InChI=1S/C17H30N2O/c1-5-7-9-15(6-2)13-20-17-16(10-8-11-18-17)12-19-14(3)4/h8,10-11,14-15,19H,5-7,9,12-13H2,1-4H3. The van der Waals surface area contributed by atoms with Crippen molar-refractivity contribution in [2.24, 2.45) is 5.92 Å². The van der Waals surface area contributed by atoms with Crippen molar-refractivity contribution < 1.29 is 4.74 Å². The summed E-state index contributed by atoms with van der Waals surface area (Å²) in [7, 11) is 0. The fraction of sp³-hybridized carbons (Fsp3) is 0.706. The molecule has 3 nitrogen and oxygen atoms in total. The van der Waals surface area contributed by atoms with E-state index >= 15 is 0 Å². The molecule has 0 bridgehead atoms. The molecule has 3 heteroatoms. The molecule has 0 radical (unpaired) electrons. The number of nitrogens with zero attached hydrogens (tertiary/aromatic N) is 1. The molecule has 0 saturated carbocycles. The maximum Gasteiger partial charge on any atom is 0.217 e. The monoisotopic (exact) mass is 278 g/mol. The number of hydrogen-bond acceptors (Lipinski definition) is 3. The van der Waals surface area contributed by atoms with Gasteiger partial charge in [-0.1, -0.05) is 53.0 Å². The van der Waals surface area contributed by atoms with Gasteiger partial charge < -0.3 is 10.1 Å². The highest BCUT2D eigenvalue weighted by molar-refractivity contribution is 5.25. The minimum Gasteiger partial charge on any atom is -0.477 e. The molecule has 0 aromatic carbocycles. The summed E-state index contributed by atoms with van der Waals surface area (Å²) in [5.74, 6) is 1.43. The van der Waals surface area contributed by atoms with Gasteiger partial charge in [-0.25, -0.2) is 4.98 Å². The lowest BCUT2D eigenvalue weighted by molar-refractivity contribution is 0.223. The van der Waals surface area contributed by atoms with Gasteiger partial charge in [0.25, 0.3) is 0 Å². The van der Waals surface area contributed by atoms with Crippen LogP contribution < -0.4 is 10.1 Å². The third-order valence-electron chi connectivity index (χ3n) is 3.55. The first-order valence-electron chi connectivity index (χ1n) is 7.97. The molecule has 1 atom stereocenters. The first kappa shape index (κ1) is 17.0. The number of aromatic nitrogens is 1. The van der Waals surface area contributed by atoms with Gasteiger partial charge in [-0.2, -0.15) is 0 Å². The van der Waals surface area contributed by atoms with E-state index in [9.17, 15) is 0 Å². The summed E-state index contributed by atoms with van der Waals surface area (Å²) >= 11 is 0. The summed E-state index contributed by atoms with van der Waals surface area (Å²) in [5, 5.41) is 3.42. The molecule has 0 aliphatic heterocycles. The SMILES string of the molecule is CCCCC(CC)COc1ncccc1CNC(C)C. The molecule has 1 unspecified atom stereocenters. The molecule has 0 aliphatic rings. The first-order chi connectivity index (χ1) is 9.67. The highest BCUT2D eigenvalue weighted by atomic mass is 16.5. The normalized spacial score (nSPS) is 12.7. The predicted octanol–water partition coefficient (Wildman–Crippen LogP) is 4.17. The van der Waals surface area contributed by atoms with Gasteiger partial charge in [0.05, 0.1) is 6.61 Å². The van der Waals surface area contributed by atoms with Crippen molar-refractivity contribution in [3.05, 3.63) is 23.9 Å².